The summed E-state index contributed by atoms with van der Waals surface area (Å²) in [7, 11) is -0.207. The first-order valence-corrected chi connectivity index (χ1v) is 6.43. The third-order valence-electron chi connectivity index (χ3n) is 3.84. The lowest BCUT2D eigenvalue weighted by Crippen LogP contribution is -2.41. The molecule has 1 heterocycles. The molecule has 0 aromatic heterocycles. The monoisotopic (exact) mass is 236 g/mol. The molecule has 0 aliphatic carbocycles. The Morgan fingerprint density at radius 1 is 1.12 bits per heavy atom. The molecule has 2 nitrogen and oxygen atoms in total. The van der Waals surface area contributed by atoms with Gasteiger partial charge in [-0.2, -0.15) is 0 Å². The highest BCUT2D eigenvalue weighted by Crippen LogP contribution is 2.39. The molecule has 0 amide bonds. The average molecular weight is 236 g/mol. The Labute approximate surface area is 106 Å². The molecule has 1 aliphatic rings. The van der Waals surface area contributed by atoms with Gasteiger partial charge in [0.15, 0.2) is 0 Å². The maximum atomic E-state index is 6.07. The summed E-state index contributed by atoms with van der Waals surface area (Å²) in [4.78, 5) is 0. The van der Waals surface area contributed by atoms with E-state index in [0.29, 0.717) is 0 Å². The van der Waals surface area contributed by atoms with Gasteiger partial charge < -0.3 is 9.31 Å². The first-order chi connectivity index (χ1) is 7.75. The number of rotatable bonds is 3. The SMILES string of the molecule is C/C=C\C(C)=C(\CC)B1OC(C)(C)C(C)(C)O1. The van der Waals surface area contributed by atoms with Crippen molar-refractivity contribution in [1.29, 1.82) is 0 Å². The van der Waals surface area contributed by atoms with Gasteiger partial charge in [-0.3, -0.25) is 0 Å². The third kappa shape index (κ3) is 2.83. The van der Waals surface area contributed by atoms with Crippen LogP contribution in [0.4, 0.5) is 0 Å². The van der Waals surface area contributed by atoms with Crippen LogP contribution in [0.25, 0.3) is 0 Å². The van der Waals surface area contributed by atoms with Crippen LogP contribution in [0.3, 0.4) is 0 Å². The molecular weight excluding hydrogens is 211 g/mol. The van der Waals surface area contributed by atoms with Crippen LogP contribution in [-0.4, -0.2) is 18.3 Å². The second kappa shape index (κ2) is 4.99. The van der Waals surface area contributed by atoms with E-state index in [1.165, 1.54) is 11.0 Å². The van der Waals surface area contributed by atoms with Crippen molar-refractivity contribution in [1.82, 2.24) is 0 Å². The van der Waals surface area contributed by atoms with Gasteiger partial charge >= 0.3 is 7.12 Å². The summed E-state index contributed by atoms with van der Waals surface area (Å²) in [5, 5.41) is 0. The van der Waals surface area contributed by atoms with Crippen molar-refractivity contribution in [2.24, 2.45) is 0 Å². The summed E-state index contributed by atoms with van der Waals surface area (Å²) in [5.74, 6) is 0. The largest absolute Gasteiger partial charge is 0.490 e. The fourth-order valence-corrected chi connectivity index (χ4v) is 1.97. The molecule has 0 atom stereocenters. The van der Waals surface area contributed by atoms with Crippen LogP contribution in [0, 0.1) is 0 Å². The molecule has 0 unspecified atom stereocenters. The van der Waals surface area contributed by atoms with Crippen LogP contribution in [0.1, 0.15) is 54.9 Å². The summed E-state index contributed by atoms with van der Waals surface area (Å²) >= 11 is 0. The van der Waals surface area contributed by atoms with E-state index in [2.05, 4.69) is 53.7 Å². The summed E-state index contributed by atoms with van der Waals surface area (Å²) in [6, 6.07) is 0. The zero-order valence-corrected chi connectivity index (χ0v) is 12.3. The second-order valence-corrected chi connectivity index (χ2v) is 5.65. The Kier molecular flexibility index (Phi) is 4.26. The van der Waals surface area contributed by atoms with E-state index >= 15 is 0 Å². The van der Waals surface area contributed by atoms with E-state index in [1.54, 1.807) is 0 Å². The number of allylic oxidation sites excluding steroid dienone is 4. The molecule has 17 heavy (non-hydrogen) atoms. The predicted molar refractivity (Wildman–Crippen MR) is 73.9 cm³/mol. The van der Waals surface area contributed by atoms with Gasteiger partial charge in [-0.05, 0) is 53.4 Å². The summed E-state index contributed by atoms with van der Waals surface area (Å²) in [6.07, 6.45) is 5.12. The van der Waals surface area contributed by atoms with Crippen LogP contribution in [0.2, 0.25) is 0 Å². The predicted octanol–water partition coefficient (Wildman–Crippen LogP) is 3.92. The van der Waals surface area contributed by atoms with Gasteiger partial charge in [-0.1, -0.05) is 24.6 Å². The molecule has 0 bridgehead atoms. The molecule has 1 aliphatic heterocycles. The molecule has 1 rings (SSSR count). The normalized spacial score (nSPS) is 24.3. The van der Waals surface area contributed by atoms with Gasteiger partial charge in [0.1, 0.15) is 0 Å². The summed E-state index contributed by atoms with van der Waals surface area (Å²) < 4.78 is 12.1. The van der Waals surface area contributed by atoms with Gasteiger partial charge in [-0.25, -0.2) is 0 Å². The molecule has 0 aromatic carbocycles. The standard InChI is InChI=1S/C14H25BO2/c1-8-10-11(3)12(9-2)15-16-13(4,5)14(6,7)17-15/h8,10H,9H2,1-7H3/b10-8-,12-11-. The molecule has 1 saturated heterocycles. The molecule has 3 heteroatoms. The summed E-state index contributed by atoms with van der Waals surface area (Å²) in [5.41, 5.74) is 1.97. The van der Waals surface area contributed by atoms with Crippen LogP contribution < -0.4 is 0 Å². The number of hydrogen-bond donors (Lipinski definition) is 0. The van der Waals surface area contributed by atoms with E-state index in [0.717, 1.165) is 6.42 Å². The van der Waals surface area contributed by atoms with E-state index in [9.17, 15) is 0 Å². The van der Waals surface area contributed by atoms with Crippen molar-refractivity contribution in [3.05, 3.63) is 23.2 Å². The highest BCUT2D eigenvalue weighted by molar-refractivity contribution is 6.54. The lowest BCUT2D eigenvalue weighted by Gasteiger charge is -2.32. The minimum absolute atomic E-state index is 0.207. The molecule has 96 valence electrons. The average Bonchev–Trinajstić information content (AvgIpc) is 2.37. The Bertz CT molecular complexity index is 324. The molecule has 0 aromatic rings. The van der Waals surface area contributed by atoms with Crippen LogP contribution in [0.5, 0.6) is 0 Å². The van der Waals surface area contributed by atoms with Gasteiger partial charge in [0, 0.05) is 0 Å². The Hall–Kier alpha value is -0.535. The van der Waals surface area contributed by atoms with E-state index in [-0.39, 0.29) is 18.3 Å². The fourth-order valence-electron chi connectivity index (χ4n) is 1.97. The van der Waals surface area contributed by atoms with Crippen molar-refractivity contribution in [3.63, 3.8) is 0 Å². The van der Waals surface area contributed by atoms with Crippen LogP contribution in [0.15, 0.2) is 23.2 Å². The molecule has 0 N–H and O–H groups in total. The Balaban J connectivity index is 3.00. The summed E-state index contributed by atoms with van der Waals surface area (Å²) in [6.45, 7) is 14.6. The first-order valence-electron chi connectivity index (χ1n) is 6.43. The lowest BCUT2D eigenvalue weighted by atomic mass is 9.74. The fraction of sp³-hybridized carbons (Fsp3) is 0.714. The quantitative estimate of drug-likeness (QED) is 0.546. The smallest absolute Gasteiger partial charge is 0.400 e. The molecular formula is C14H25BO2. The Morgan fingerprint density at radius 3 is 1.94 bits per heavy atom. The van der Waals surface area contributed by atoms with Crippen molar-refractivity contribution in [2.45, 2.75) is 66.1 Å². The van der Waals surface area contributed by atoms with Gasteiger partial charge in [0.05, 0.1) is 11.2 Å². The highest BCUT2D eigenvalue weighted by atomic mass is 16.7. The van der Waals surface area contributed by atoms with Crippen molar-refractivity contribution < 1.29 is 9.31 Å². The third-order valence-corrected chi connectivity index (χ3v) is 3.84. The molecule has 1 fully saturated rings. The molecule has 0 radical (unpaired) electrons. The molecule has 0 spiro atoms. The van der Waals surface area contributed by atoms with Crippen molar-refractivity contribution in [2.75, 3.05) is 0 Å². The van der Waals surface area contributed by atoms with Crippen molar-refractivity contribution in [3.8, 4) is 0 Å². The van der Waals surface area contributed by atoms with Gasteiger partial charge in [0.2, 0.25) is 0 Å². The lowest BCUT2D eigenvalue weighted by molar-refractivity contribution is 0.00578. The van der Waals surface area contributed by atoms with Crippen LogP contribution in [-0.2, 0) is 9.31 Å². The van der Waals surface area contributed by atoms with E-state index < -0.39 is 0 Å². The van der Waals surface area contributed by atoms with Crippen LogP contribution >= 0.6 is 0 Å². The topological polar surface area (TPSA) is 18.5 Å². The minimum atomic E-state index is -0.256. The van der Waals surface area contributed by atoms with Crippen molar-refractivity contribution >= 4 is 7.12 Å². The van der Waals surface area contributed by atoms with E-state index in [4.69, 9.17) is 9.31 Å². The first kappa shape index (κ1) is 14.5. The highest BCUT2D eigenvalue weighted by Gasteiger charge is 2.52. The van der Waals surface area contributed by atoms with E-state index in [1.807, 2.05) is 6.92 Å². The molecule has 0 saturated carbocycles. The zero-order chi connectivity index (χ0) is 13.3. The van der Waals surface area contributed by atoms with Gasteiger partial charge in [-0.15, -0.1) is 0 Å². The maximum absolute atomic E-state index is 6.07. The van der Waals surface area contributed by atoms with Gasteiger partial charge in [0.25, 0.3) is 0 Å². The Morgan fingerprint density at radius 2 is 1.59 bits per heavy atom. The number of hydrogen-bond acceptors (Lipinski definition) is 2. The second-order valence-electron chi connectivity index (χ2n) is 5.65. The minimum Gasteiger partial charge on any atom is -0.400 e. The zero-order valence-electron chi connectivity index (χ0n) is 12.3. The maximum Gasteiger partial charge on any atom is 0.490 e.